The Hall–Kier alpha value is -4.01. The van der Waals surface area contributed by atoms with Crippen LogP contribution in [-0.2, 0) is 4.74 Å². The summed E-state index contributed by atoms with van der Waals surface area (Å²) < 4.78 is 4.73. The molecule has 0 saturated carbocycles. The Morgan fingerprint density at radius 3 is 2.64 bits per heavy atom. The molecule has 0 saturated heterocycles. The number of tetrazole rings is 1. The van der Waals surface area contributed by atoms with E-state index in [-0.39, 0.29) is 5.88 Å². The predicted octanol–water partition coefficient (Wildman–Crippen LogP) is 2.98. The van der Waals surface area contributed by atoms with Crippen LogP contribution in [0.2, 0.25) is 0 Å². The van der Waals surface area contributed by atoms with Gasteiger partial charge in [-0.15, -0.1) is 10.2 Å². The number of hydrogen-bond acceptors (Lipinski definition) is 7. The lowest BCUT2D eigenvalue weighted by atomic mass is 10.1. The molecule has 3 N–H and O–H groups in total. The predicted molar refractivity (Wildman–Crippen MR) is 103 cm³/mol. The van der Waals surface area contributed by atoms with Gasteiger partial charge in [0.1, 0.15) is 0 Å². The molecule has 2 aromatic carbocycles. The molecule has 0 atom stereocenters. The van der Waals surface area contributed by atoms with E-state index in [9.17, 15) is 9.90 Å². The standard InChI is InChI=1S/C19H16N6O3/c1-10(20-13-6-3-11(4-7-13)17-22-24-25-23-17)16-14-8-5-12(19(27)28-2)9-15(14)21-18(16)26/h3-9,21,26H,1-2H3,(H,22,23,24,25). The maximum Gasteiger partial charge on any atom is 0.337 e. The molecule has 0 bridgehead atoms. The van der Waals surface area contributed by atoms with Crippen molar-refractivity contribution < 1.29 is 14.6 Å². The monoisotopic (exact) mass is 376 g/mol. The van der Waals surface area contributed by atoms with E-state index >= 15 is 0 Å². The normalized spacial score (nSPS) is 11.7. The van der Waals surface area contributed by atoms with E-state index in [1.54, 1.807) is 18.2 Å². The van der Waals surface area contributed by atoms with Crippen molar-refractivity contribution in [2.75, 3.05) is 7.11 Å². The second-order valence-electron chi connectivity index (χ2n) is 6.08. The highest BCUT2D eigenvalue weighted by molar-refractivity contribution is 6.13. The SMILES string of the molecule is COC(=O)c1ccc2c(C(C)=Nc3ccc(-c4nn[nH]n4)cc3)c(O)[nH]c2c1. The van der Waals surface area contributed by atoms with Gasteiger partial charge in [-0.2, -0.15) is 5.21 Å². The molecule has 0 aliphatic rings. The Bertz CT molecular complexity index is 1180. The summed E-state index contributed by atoms with van der Waals surface area (Å²) in [6.45, 7) is 1.81. The molecule has 0 amide bonds. The zero-order valence-corrected chi connectivity index (χ0v) is 15.1. The first kappa shape index (κ1) is 17.4. The molecule has 4 rings (SSSR count). The van der Waals surface area contributed by atoms with Crippen molar-refractivity contribution in [3.63, 3.8) is 0 Å². The number of nitrogens with one attached hydrogen (secondary N) is 2. The Morgan fingerprint density at radius 2 is 1.96 bits per heavy atom. The van der Waals surface area contributed by atoms with Crippen LogP contribution in [0.25, 0.3) is 22.3 Å². The largest absolute Gasteiger partial charge is 0.494 e. The molecule has 0 radical (unpaired) electrons. The molecule has 28 heavy (non-hydrogen) atoms. The molecule has 0 aliphatic carbocycles. The average Bonchev–Trinajstić information content (AvgIpc) is 3.34. The van der Waals surface area contributed by atoms with Gasteiger partial charge in [-0.05, 0) is 48.5 Å². The molecule has 140 valence electrons. The molecular weight excluding hydrogens is 360 g/mol. The van der Waals surface area contributed by atoms with Crippen LogP contribution in [0.3, 0.4) is 0 Å². The first-order valence-electron chi connectivity index (χ1n) is 8.39. The second-order valence-corrected chi connectivity index (χ2v) is 6.08. The summed E-state index contributed by atoms with van der Waals surface area (Å²) in [6, 6.07) is 12.4. The number of aromatic nitrogens is 5. The number of H-pyrrole nitrogens is 2. The second kappa shape index (κ2) is 6.95. The molecule has 0 fully saturated rings. The summed E-state index contributed by atoms with van der Waals surface area (Å²) in [7, 11) is 1.32. The van der Waals surface area contributed by atoms with Crippen molar-refractivity contribution in [3.05, 3.63) is 53.6 Å². The molecule has 9 heteroatoms. The van der Waals surface area contributed by atoms with E-state index in [2.05, 4.69) is 30.6 Å². The maximum atomic E-state index is 11.7. The Labute approximate surface area is 159 Å². The minimum Gasteiger partial charge on any atom is -0.494 e. The number of nitrogens with zero attached hydrogens (tertiary/aromatic N) is 4. The van der Waals surface area contributed by atoms with E-state index in [4.69, 9.17) is 4.74 Å². The van der Waals surface area contributed by atoms with E-state index in [1.165, 1.54) is 7.11 Å². The third kappa shape index (κ3) is 3.09. The van der Waals surface area contributed by atoms with E-state index < -0.39 is 5.97 Å². The van der Waals surface area contributed by atoms with E-state index in [1.807, 2.05) is 31.2 Å². The summed E-state index contributed by atoms with van der Waals surface area (Å²) in [5.41, 5.74) is 3.75. The highest BCUT2D eigenvalue weighted by atomic mass is 16.5. The lowest BCUT2D eigenvalue weighted by Crippen LogP contribution is -2.00. The summed E-state index contributed by atoms with van der Waals surface area (Å²) in [5.74, 6) is 0.0502. The van der Waals surface area contributed by atoms with Gasteiger partial charge < -0.3 is 14.8 Å². The highest BCUT2D eigenvalue weighted by Crippen LogP contribution is 2.30. The lowest BCUT2D eigenvalue weighted by molar-refractivity contribution is 0.0601. The van der Waals surface area contributed by atoms with Gasteiger partial charge in [-0.3, -0.25) is 4.99 Å². The van der Waals surface area contributed by atoms with Gasteiger partial charge in [0.05, 0.1) is 29.6 Å². The Kier molecular flexibility index (Phi) is 4.32. The quantitative estimate of drug-likeness (QED) is 0.371. The van der Waals surface area contributed by atoms with Crippen LogP contribution in [-0.4, -0.2) is 49.5 Å². The van der Waals surface area contributed by atoms with Crippen LogP contribution in [0, 0.1) is 0 Å². The lowest BCUT2D eigenvalue weighted by Gasteiger charge is -2.03. The fourth-order valence-electron chi connectivity index (χ4n) is 3.01. The zero-order chi connectivity index (χ0) is 19.7. The summed E-state index contributed by atoms with van der Waals surface area (Å²) >= 11 is 0. The van der Waals surface area contributed by atoms with Gasteiger partial charge in [0.25, 0.3) is 0 Å². The minimum absolute atomic E-state index is 0.0123. The molecule has 2 aromatic heterocycles. The number of aromatic amines is 2. The highest BCUT2D eigenvalue weighted by Gasteiger charge is 2.16. The van der Waals surface area contributed by atoms with Gasteiger partial charge in [0.2, 0.25) is 5.82 Å². The summed E-state index contributed by atoms with van der Waals surface area (Å²) in [5, 5.41) is 24.9. The number of carbonyl (C=O) groups excluding carboxylic acids is 1. The molecule has 0 aliphatic heterocycles. The molecule has 0 unspecified atom stereocenters. The van der Waals surface area contributed by atoms with Crippen molar-refractivity contribution in [1.29, 1.82) is 0 Å². The molecular formula is C19H16N6O3. The third-order valence-corrected chi connectivity index (χ3v) is 4.33. The van der Waals surface area contributed by atoms with Crippen LogP contribution >= 0.6 is 0 Å². The molecule has 4 aromatic rings. The fraction of sp³-hybridized carbons (Fsp3) is 0.105. The number of ether oxygens (including phenoxy) is 1. The average molecular weight is 376 g/mol. The number of aliphatic imine (C=N–C) groups is 1. The minimum atomic E-state index is -0.440. The fourth-order valence-corrected chi connectivity index (χ4v) is 3.01. The number of fused-ring (bicyclic) bond motifs is 1. The Morgan fingerprint density at radius 1 is 1.18 bits per heavy atom. The molecule has 9 nitrogen and oxygen atoms in total. The topological polar surface area (TPSA) is 129 Å². The first-order valence-corrected chi connectivity index (χ1v) is 8.39. The first-order chi connectivity index (χ1) is 13.6. The van der Waals surface area contributed by atoms with Crippen molar-refractivity contribution >= 4 is 28.3 Å². The van der Waals surface area contributed by atoms with Crippen LogP contribution in [0.4, 0.5) is 5.69 Å². The van der Waals surface area contributed by atoms with Crippen molar-refractivity contribution in [2.24, 2.45) is 4.99 Å². The van der Waals surface area contributed by atoms with Gasteiger partial charge in [-0.25, -0.2) is 4.79 Å². The van der Waals surface area contributed by atoms with Crippen molar-refractivity contribution in [1.82, 2.24) is 25.6 Å². The number of benzene rings is 2. The summed E-state index contributed by atoms with van der Waals surface area (Å²) in [4.78, 5) is 19.2. The smallest absolute Gasteiger partial charge is 0.337 e. The van der Waals surface area contributed by atoms with Crippen LogP contribution in [0.15, 0.2) is 47.5 Å². The van der Waals surface area contributed by atoms with Gasteiger partial charge in [0.15, 0.2) is 5.88 Å². The number of hydrogen-bond donors (Lipinski definition) is 3. The van der Waals surface area contributed by atoms with Gasteiger partial charge in [-0.1, -0.05) is 6.07 Å². The van der Waals surface area contributed by atoms with E-state index in [0.717, 1.165) is 10.9 Å². The maximum absolute atomic E-state index is 11.7. The third-order valence-electron chi connectivity index (χ3n) is 4.33. The van der Waals surface area contributed by atoms with E-state index in [0.29, 0.717) is 33.9 Å². The van der Waals surface area contributed by atoms with Crippen LogP contribution in [0.1, 0.15) is 22.8 Å². The molecule has 0 spiro atoms. The number of aromatic hydroxyl groups is 1. The van der Waals surface area contributed by atoms with Crippen LogP contribution in [0.5, 0.6) is 5.88 Å². The number of rotatable bonds is 4. The zero-order valence-electron chi connectivity index (χ0n) is 15.1. The summed E-state index contributed by atoms with van der Waals surface area (Å²) in [6.07, 6.45) is 0. The van der Waals surface area contributed by atoms with Crippen LogP contribution < -0.4 is 0 Å². The van der Waals surface area contributed by atoms with Gasteiger partial charge >= 0.3 is 5.97 Å². The van der Waals surface area contributed by atoms with Crippen molar-refractivity contribution in [2.45, 2.75) is 6.92 Å². The Balaban J connectivity index is 1.69. The van der Waals surface area contributed by atoms with Gasteiger partial charge in [0, 0.05) is 16.5 Å². The van der Waals surface area contributed by atoms with Crippen molar-refractivity contribution in [3.8, 4) is 17.3 Å². The number of methoxy groups -OCH3 is 1. The number of esters is 1. The molecule has 2 heterocycles. The number of carbonyl (C=O) groups is 1.